The Morgan fingerprint density at radius 1 is 1.35 bits per heavy atom. The summed E-state index contributed by atoms with van der Waals surface area (Å²) in [6.45, 7) is 3.85. The van der Waals surface area contributed by atoms with Gasteiger partial charge in [-0.3, -0.25) is 0 Å². The number of ether oxygens (including phenoxy) is 1. The molecule has 0 N–H and O–H groups in total. The summed E-state index contributed by atoms with van der Waals surface area (Å²) >= 11 is 1.37. The van der Waals surface area contributed by atoms with Crippen molar-refractivity contribution >= 4 is 17.3 Å². The average Bonchev–Trinajstić information content (AvgIpc) is 2.70. The number of aryl methyl sites for hydroxylation is 2. The van der Waals surface area contributed by atoms with Crippen LogP contribution in [0.1, 0.15) is 20.9 Å². The Balaban J connectivity index is 2.44. The van der Waals surface area contributed by atoms with Crippen LogP contribution < -0.4 is 0 Å². The van der Waals surface area contributed by atoms with E-state index in [9.17, 15) is 4.79 Å². The van der Waals surface area contributed by atoms with Crippen molar-refractivity contribution in [2.24, 2.45) is 0 Å². The molecule has 3 nitrogen and oxygen atoms in total. The van der Waals surface area contributed by atoms with Crippen molar-refractivity contribution in [2.45, 2.75) is 13.8 Å². The summed E-state index contributed by atoms with van der Waals surface area (Å²) in [6, 6.07) is 8.07. The highest BCUT2D eigenvalue weighted by Gasteiger charge is 2.16. The molecule has 1 aromatic heterocycles. The van der Waals surface area contributed by atoms with E-state index < -0.39 is 0 Å². The standard InChI is InChI=1S/C13H13NO2S/c1-8-5-4-6-10(7-8)12-14-9(2)11(17-12)13(15)16-3/h4-7H,1-3H3. The maximum absolute atomic E-state index is 11.5. The zero-order valence-corrected chi connectivity index (χ0v) is 10.8. The van der Waals surface area contributed by atoms with Crippen LogP contribution in [0.15, 0.2) is 24.3 Å². The maximum Gasteiger partial charge on any atom is 0.349 e. The van der Waals surface area contributed by atoms with Crippen LogP contribution in [-0.4, -0.2) is 18.1 Å². The van der Waals surface area contributed by atoms with Gasteiger partial charge in [-0.05, 0) is 19.9 Å². The van der Waals surface area contributed by atoms with Gasteiger partial charge in [0.25, 0.3) is 0 Å². The maximum atomic E-state index is 11.5. The molecule has 0 aliphatic rings. The van der Waals surface area contributed by atoms with Crippen molar-refractivity contribution in [3.8, 4) is 10.6 Å². The van der Waals surface area contributed by atoms with Gasteiger partial charge >= 0.3 is 5.97 Å². The molecule has 1 heterocycles. The van der Waals surface area contributed by atoms with E-state index in [0.29, 0.717) is 4.88 Å². The van der Waals surface area contributed by atoms with E-state index in [1.54, 1.807) is 0 Å². The van der Waals surface area contributed by atoms with Gasteiger partial charge < -0.3 is 4.74 Å². The minimum Gasteiger partial charge on any atom is -0.465 e. The largest absolute Gasteiger partial charge is 0.465 e. The summed E-state index contributed by atoms with van der Waals surface area (Å²) in [5.74, 6) is -0.320. The first-order chi connectivity index (χ1) is 8.11. The monoisotopic (exact) mass is 247 g/mol. The zero-order valence-electron chi connectivity index (χ0n) is 9.98. The van der Waals surface area contributed by atoms with Gasteiger partial charge in [-0.2, -0.15) is 0 Å². The molecule has 0 saturated carbocycles. The second-order valence-electron chi connectivity index (χ2n) is 3.79. The molecule has 0 saturated heterocycles. The Morgan fingerprint density at radius 3 is 2.76 bits per heavy atom. The summed E-state index contributed by atoms with van der Waals surface area (Å²) in [5.41, 5.74) is 2.93. The van der Waals surface area contributed by atoms with E-state index in [1.807, 2.05) is 32.0 Å². The molecule has 17 heavy (non-hydrogen) atoms. The number of aromatic nitrogens is 1. The number of methoxy groups -OCH3 is 1. The molecule has 0 aliphatic carbocycles. The predicted molar refractivity (Wildman–Crippen MR) is 68.4 cm³/mol. The summed E-state index contributed by atoms with van der Waals surface area (Å²) in [6.07, 6.45) is 0. The van der Waals surface area contributed by atoms with Gasteiger partial charge in [-0.15, -0.1) is 11.3 Å². The fourth-order valence-electron chi connectivity index (χ4n) is 1.58. The molecule has 2 aromatic rings. The summed E-state index contributed by atoms with van der Waals surface area (Å²) in [7, 11) is 1.38. The topological polar surface area (TPSA) is 39.2 Å². The Labute approximate surface area is 104 Å². The lowest BCUT2D eigenvalue weighted by atomic mass is 10.1. The molecule has 88 valence electrons. The first-order valence-corrected chi connectivity index (χ1v) is 6.06. The van der Waals surface area contributed by atoms with Gasteiger partial charge in [-0.1, -0.05) is 23.8 Å². The third-order valence-corrected chi connectivity index (χ3v) is 3.62. The minimum absolute atomic E-state index is 0.320. The summed E-state index contributed by atoms with van der Waals surface area (Å²) in [4.78, 5) is 16.5. The number of hydrogen-bond acceptors (Lipinski definition) is 4. The molecule has 0 unspecified atom stereocenters. The SMILES string of the molecule is COC(=O)c1sc(-c2cccc(C)c2)nc1C. The number of carbonyl (C=O) groups excluding carboxylic acids is 1. The Morgan fingerprint density at radius 2 is 2.12 bits per heavy atom. The molecule has 2 rings (SSSR count). The molecule has 0 aliphatic heterocycles. The highest BCUT2D eigenvalue weighted by Crippen LogP contribution is 2.28. The fraction of sp³-hybridized carbons (Fsp3) is 0.231. The average molecular weight is 247 g/mol. The lowest BCUT2D eigenvalue weighted by molar-refractivity contribution is 0.0605. The lowest BCUT2D eigenvalue weighted by Gasteiger charge is -1.97. The number of benzene rings is 1. The molecule has 0 amide bonds. The van der Waals surface area contributed by atoms with Crippen LogP contribution in [0, 0.1) is 13.8 Å². The molecule has 0 radical (unpaired) electrons. The third-order valence-electron chi connectivity index (χ3n) is 2.43. The smallest absolute Gasteiger partial charge is 0.349 e. The number of rotatable bonds is 2. The van der Waals surface area contributed by atoms with Crippen LogP contribution in [0.3, 0.4) is 0 Å². The molecule has 0 bridgehead atoms. The van der Waals surface area contributed by atoms with Crippen LogP contribution in [0.2, 0.25) is 0 Å². The second-order valence-corrected chi connectivity index (χ2v) is 4.79. The van der Waals surface area contributed by atoms with Gasteiger partial charge in [-0.25, -0.2) is 9.78 Å². The van der Waals surface area contributed by atoms with Crippen LogP contribution in [0.4, 0.5) is 0 Å². The van der Waals surface area contributed by atoms with Crippen molar-refractivity contribution in [2.75, 3.05) is 7.11 Å². The Bertz CT molecular complexity index is 560. The van der Waals surface area contributed by atoms with Crippen molar-refractivity contribution in [1.82, 2.24) is 4.98 Å². The molecule has 4 heteroatoms. The van der Waals surface area contributed by atoms with Gasteiger partial charge in [0.2, 0.25) is 0 Å². The number of nitrogens with zero attached hydrogens (tertiary/aromatic N) is 1. The fourth-order valence-corrected chi connectivity index (χ4v) is 2.56. The first-order valence-electron chi connectivity index (χ1n) is 5.24. The predicted octanol–water partition coefficient (Wildman–Crippen LogP) is 3.21. The summed E-state index contributed by atoms with van der Waals surface area (Å²) in [5, 5.41) is 0.853. The van der Waals surface area contributed by atoms with E-state index >= 15 is 0 Å². The molecule has 0 spiro atoms. The first kappa shape index (κ1) is 11.8. The van der Waals surface area contributed by atoms with Crippen molar-refractivity contribution in [3.63, 3.8) is 0 Å². The van der Waals surface area contributed by atoms with Crippen LogP contribution in [-0.2, 0) is 4.74 Å². The lowest BCUT2D eigenvalue weighted by Crippen LogP contribution is -1.99. The minimum atomic E-state index is -0.320. The zero-order chi connectivity index (χ0) is 12.4. The second kappa shape index (κ2) is 4.67. The van der Waals surface area contributed by atoms with E-state index in [1.165, 1.54) is 24.0 Å². The highest BCUT2D eigenvalue weighted by molar-refractivity contribution is 7.17. The van der Waals surface area contributed by atoms with E-state index in [2.05, 4.69) is 11.1 Å². The van der Waals surface area contributed by atoms with Crippen LogP contribution in [0.5, 0.6) is 0 Å². The molecular weight excluding hydrogens is 234 g/mol. The third kappa shape index (κ3) is 2.36. The Kier molecular flexibility index (Phi) is 3.24. The van der Waals surface area contributed by atoms with Gasteiger partial charge in [0, 0.05) is 5.56 Å². The molecule has 0 fully saturated rings. The van der Waals surface area contributed by atoms with Crippen molar-refractivity contribution in [1.29, 1.82) is 0 Å². The van der Waals surface area contributed by atoms with E-state index in [0.717, 1.165) is 16.3 Å². The number of hydrogen-bond donors (Lipinski definition) is 0. The van der Waals surface area contributed by atoms with E-state index in [4.69, 9.17) is 4.74 Å². The quantitative estimate of drug-likeness (QED) is 0.765. The van der Waals surface area contributed by atoms with E-state index in [-0.39, 0.29) is 5.97 Å². The van der Waals surface area contributed by atoms with Crippen molar-refractivity contribution in [3.05, 3.63) is 40.4 Å². The van der Waals surface area contributed by atoms with Crippen LogP contribution >= 0.6 is 11.3 Å². The number of thiazole rings is 1. The van der Waals surface area contributed by atoms with Gasteiger partial charge in [0.1, 0.15) is 9.88 Å². The normalized spacial score (nSPS) is 10.3. The molecule has 1 aromatic carbocycles. The molecule has 0 atom stereocenters. The van der Waals surface area contributed by atoms with Gasteiger partial charge in [0.15, 0.2) is 0 Å². The Hall–Kier alpha value is -1.68. The highest BCUT2D eigenvalue weighted by atomic mass is 32.1. The summed E-state index contributed by atoms with van der Waals surface area (Å²) < 4.78 is 4.72. The number of esters is 1. The number of carbonyl (C=O) groups is 1. The molecular formula is C13H13NO2S. The van der Waals surface area contributed by atoms with Crippen LogP contribution in [0.25, 0.3) is 10.6 Å². The van der Waals surface area contributed by atoms with Crippen molar-refractivity contribution < 1.29 is 9.53 Å². The van der Waals surface area contributed by atoms with Gasteiger partial charge in [0.05, 0.1) is 12.8 Å².